The Morgan fingerprint density at radius 3 is 2.95 bits per heavy atom. The fourth-order valence-corrected chi connectivity index (χ4v) is 2.17. The van der Waals surface area contributed by atoms with Gasteiger partial charge in [-0.25, -0.2) is 4.39 Å². The summed E-state index contributed by atoms with van der Waals surface area (Å²) < 4.78 is 13.2. The number of halogens is 1. The lowest BCUT2D eigenvalue weighted by atomic mass is 10.1. The van der Waals surface area contributed by atoms with Crippen molar-refractivity contribution in [2.24, 2.45) is 0 Å². The first-order valence-corrected chi connectivity index (χ1v) is 6.88. The van der Waals surface area contributed by atoms with Crippen molar-refractivity contribution in [3.63, 3.8) is 0 Å². The first-order valence-electron chi connectivity index (χ1n) is 5.93. The normalized spacial score (nSPS) is 9.70. The Hall–Kier alpha value is -2.16. The summed E-state index contributed by atoms with van der Waals surface area (Å²) in [5, 5.41) is 14.9. The molecule has 0 saturated carbocycles. The number of carbonyl (C=O) groups is 1. The molecule has 5 heteroatoms. The number of hydrogen-bond acceptors (Lipinski definition) is 3. The van der Waals surface area contributed by atoms with E-state index >= 15 is 0 Å². The molecule has 1 aromatic carbocycles. The van der Waals surface area contributed by atoms with Crippen LogP contribution in [-0.4, -0.2) is 17.6 Å². The van der Waals surface area contributed by atoms with Gasteiger partial charge in [-0.3, -0.25) is 4.79 Å². The van der Waals surface area contributed by atoms with Crippen molar-refractivity contribution >= 4 is 22.9 Å². The molecule has 0 saturated heterocycles. The molecular weight excluding hydrogens is 277 g/mol. The fourth-order valence-electron chi connectivity index (χ4n) is 1.53. The summed E-state index contributed by atoms with van der Waals surface area (Å²) in [5.41, 5.74) is 1.39. The van der Waals surface area contributed by atoms with E-state index in [9.17, 15) is 9.18 Å². The zero-order valence-electron chi connectivity index (χ0n) is 10.5. The maximum Gasteiger partial charge on any atom is 0.256 e. The predicted octanol–water partition coefficient (Wildman–Crippen LogP) is 2.87. The number of thiophene rings is 1. The Kier molecular flexibility index (Phi) is 4.88. The molecule has 0 radical (unpaired) electrons. The van der Waals surface area contributed by atoms with E-state index in [1.165, 1.54) is 29.5 Å². The van der Waals surface area contributed by atoms with Gasteiger partial charge in [0.05, 0.1) is 23.4 Å². The zero-order valence-corrected chi connectivity index (χ0v) is 11.3. The second-order valence-corrected chi connectivity index (χ2v) is 4.71. The van der Waals surface area contributed by atoms with Crippen molar-refractivity contribution < 1.29 is 14.3 Å². The first kappa shape index (κ1) is 14.3. The third-order valence-corrected chi connectivity index (χ3v) is 3.16. The third-order valence-electron chi connectivity index (χ3n) is 2.47. The van der Waals surface area contributed by atoms with Gasteiger partial charge in [0.15, 0.2) is 0 Å². The SMILES string of the molecule is O=C(Nc1ccc(F)cc1C#CCCO)c1ccsc1. The lowest BCUT2D eigenvalue weighted by molar-refractivity contribution is 0.102. The molecule has 2 rings (SSSR count). The number of hydrogen-bond donors (Lipinski definition) is 2. The molecule has 20 heavy (non-hydrogen) atoms. The quantitative estimate of drug-likeness (QED) is 0.854. The van der Waals surface area contributed by atoms with Gasteiger partial charge >= 0.3 is 0 Å². The Morgan fingerprint density at radius 2 is 2.25 bits per heavy atom. The molecule has 3 nitrogen and oxygen atoms in total. The number of benzene rings is 1. The third kappa shape index (κ3) is 3.67. The van der Waals surface area contributed by atoms with Crippen LogP contribution in [0.3, 0.4) is 0 Å². The standard InChI is InChI=1S/C15H12FNO2S/c16-13-4-5-14(11(9-13)3-1-2-7-18)17-15(19)12-6-8-20-10-12/h4-6,8-10,18H,2,7H2,(H,17,19). The van der Waals surface area contributed by atoms with Gasteiger partial charge in [0, 0.05) is 11.8 Å². The van der Waals surface area contributed by atoms with Gasteiger partial charge in [-0.1, -0.05) is 11.8 Å². The molecule has 1 amide bonds. The lowest BCUT2D eigenvalue weighted by Crippen LogP contribution is -2.12. The minimum atomic E-state index is -0.424. The average Bonchev–Trinajstić information content (AvgIpc) is 2.96. The van der Waals surface area contributed by atoms with Crippen LogP contribution in [0, 0.1) is 17.7 Å². The van der Waals surface area contributed by atoms with E-state index in [0.717, 1.165) is 0 Å². The first-order chi connectivity index (χ1) is 9.70. The number of carbonyl (C=O) groups excluding carboxylic acids is 1. The van der Waals surface area contributed by atoms with Crippen molar-refractivity contribution in [1.82, 2.24) is 0 Å². The Morgan fingerprint density at radius 1 is 1.40 bits per heavy atom. The van der Waals surface area contributed by atoms with Gasteiger partial charge < -0.3 is 10.4 Å². The van der Waals surface area contributed by atoms with Crippen LogP contribution in [0.2, 0.25) is 0 Å². The molecule has 0 spiro atoms. The van der Waals surface area contributed by atoms with Crippen LogP contribution in [0.15, 0.2) is 35.0 Å². The van der Waals surface area contributed by atoms with E-state index < -0.39 is 5.82 Å². The van der Waals surface area contributed by atoms with Crippen LogP contribution in [-0.2, 0) is 0 Å². The lowest BCUT2D eigenvalue weighted by Gasteiger charge is -2.06. The Balaban J connectivity index is 2.23. The highest BCUT2D eigenvalue weighted by Crippen LogP contribution is 2.18. The second kappa shape index (κ2) is 6.85. The van der Waals surface area contributed by atoms with Gasteiger partial charge in [0.1, 0.15) is 5.82 Å². The maximum absolute atomic E-state index is 13.2. The summed E-state index contributed by atoms with van der Waals surface area (Å²) in [7, 11) is 0. The number of aliphatic hydroxyl groups excluding tert-OH is 1. The summed E-state index contributed by atoms with van der Waals surface area (Å²) in [5.74, 6) is 4.77. The fraction of sp³-hybridized carbons (Fsp3) is 0.133. The van der Waals surface area contributed by atoms with Crippen molar-refractivity contribution in [3.05, 3.63) is 52.0 Å². The molecule has 2 N–H and O–H groups in total. The molecule has 0 aliphatic rings. The Bertz CT molecular complexity index is 656. The van der Waals surface area contributed by atoms with E-state index in [4.69, 9.17) is 5.11 Å². The molecule has 0 unspecified atom stereocenters. The monoisotopic (exact) mass is 289 g/mol. The summed E-state index contributed by atoms with van der Waals surface area (Å²) >= 11 is 1.43. The minimum Gasteiger partial charge on any atom is -0.395 e. The van der Waals surface area contributed by atoms with Crippen molar-refractivity contribution in [2.75, 3.05) is 11.9 Å². The van der Waals surface area contributed by atoms with Gasteiger partial charge in [-0.15, -0.1) is 0 Å². The van der Waals surface area contributed by atoms with E-state index in [1.807, 2.05) is 5.38 Å². The molecule has 0 atom stereocenters. The zero-order chi connectivity index (χ0) is 14.4. The minimum absolute atomic E-state index is 0.0566. The number of aliphatic hydroxyl groups is 1. The molecule has 0 bridgehead atoms. The van der Waals surface area contributed by atoms with Crippen LogP contribution in [0.4, 0.5) is 10.1 Å². The van der Waals surface area contributed by atoms with Crippen molar-refractivity contribution in [3.8, 4) is 11.8 Å². The van der Waals surface area contributed by atoms with Crippen LogP contribution in [0.1, 0.15) is 22.3 Å². The molecular formula is C15H12FNO2S. The van der Waals surface area contributed by atoms with Gasteiger partial charge in [-0.05, 0) is 29.6 Å². The van der Waals surface area contributed by atoms with Crippen LogP contribution in [0.5, 0.6) is 0 Å². The summed E-state index contributed by atoms with van der Waals surface area (Å²) in [6, 6.07) is 5.71. The summed E-state index contributed by atoms with van der Waals surface area (Å²) in [6.45, 7) is -0.0566. The van der Waals surface area contributed by atoms with Gasteiger partial charge in [-0.2, -0.15) is 11.3 Å². The van der Waals surface area contributed by atoms with Crippen LogP contribution >= 0.6 is 11.3 Å². The van der Waals surface area contributed by atoms with Gasteiger partial charge in [0.25, 0.3) is 5.91 Å². The Labute approximate surface area is 120 Å². The molecule has 0 aliphatic heterocycles. The molecule has 102 valence electrons. The molecule has 1 heterocycles. The predicted molar refractivity (Wildman–Crippen MR) is 77.3 cm³/mol. The van der Waals surface area contributed by atoms with E-state index in [1.54, 1.807) is 11.4 Å². The van der Waals surface area contributed by atoms with Crippen molar-refractivity contribution in [1.29, 1.82) is 0 Å². The molecule has 0 fully saturated rings. The number of anilines is 1. The highest BCUT2D eigenvalue weighted by molar-refractivity contribution is 7.08. The highest BCUT2D eigenvalue weighted by atomic mass is 32.1. The van der Waals surface area contributed by atoms with Crippen molar-refractivity contribution in [2.45, 2.75) is 6.42 Å². The maximum atomic E-state index is 13.2. The number of rotatable bonds is 3. The van der Waals surface area contributed by atoms with E-state index in [-0.39, 0.29) is 12.5 Å². The second-order valence-electron chi connectivity index (χ2n) is 3.93. The van der Waals surface area contributed by atoms with Gasteiger partial charge in [0.2, 0.25) is 0 Å². The smallest absolute Gasteiger partial charge is 0.256 e. The topological polar surface area (TPSA) is 49.3 Å². The number of nitrogens with one attached hydrogen (secondary N) is 1. The molecule has 1 aromatic heterocycles. The number of amides is 1. The van der Waals surface area contributed by atoms with Crippen LogP contribution < -0.4 is 5.32 Å². The highest BCUT2D eigenvalue weighted by Gasteiger charge is 2.09. The summed E-state index contributed by atoms with van der Waals surface area (Å²) in [4.78, 5) is 12.0. The molecule has 0 aliphatic carbocycles. The summed E-state index contributed by atoms with van der Waals surface area (Å²) in [6.07, 6.45) is 0.300. The van der Waals surface area contributed by atoms with E-state index in [0.29, 0.717) is 23.2 Å². The molecule has 2 aromatic rings. The average molecular weight is 289 g/mol. The van der Waals surface area contributed by atoms with Crippen LogP contribution in [0.25, 0.3) is 0 Å². The van der Waals surface area contributed by atoms with E-state index in [2.05, 4.69) is 17.2 Å². The largest absolute Gasteiger partial charge is 0.395 e.